The zero-order valence-corrected chi connectivity index (χ0v) is 22.2. The summed E-state index contributed by atoms with van der Waals surface area (Å²) in [5.74, 6) is 0.388. The lowest BCUT2D eigenvalue weighted by atomic mass is 10.2. The van der Waals surface area contributed by atoms with Gasteiger partial charge in [0.15, 0.2) is 23.9 Å². The minimum absolute atomic E-state index is 0.0935. The molecular formula is C23H14Br2Cl2N2O6. The second-order valence-corrected chi connectivity index (χ2v) is 9.53. The standard InChI is InChI=1S/C23H14Br2Cl2N2O6/c24-14-5-13(9-28-29-21(30)10-32-18-4-2-15(26)8-17(18)27)22(16(25)7-14)35-23(31)12-1-3-19-20(6-12)34-11-33-19/h1-9H,10-11H2,(H,29,30). The van der Waals surface area contributed by atoms with E-state index in [1.54, 1.807) is 42.5 Å². The highest BCUT2D eigenvalue weighted by Crippen LogP contribution is 2.35. The zero-order chi connectivity index (χ0) is 24.9. The molecule has 1 heterocycles. The number of rotatable bonds is 7. The summed E-state index contributed by atoms with van der Waals surface area (Å²) in [5, 5.41) is 4.66. The Morgan fingerprint density at radius 2 is 1.86 bits per heavy atom. The fraction of sp³-hybridized carbons (Fsp3) is 0.0870. The first-order valence-electron chi connectivity index (χ1n) is 9.81. The Hall–Kier alpha value is -2.79. The van der Waals surface area contributed by atoms with Crippen molar-refractivity contribution in [2.75, 3.05) is 13.4 Å². The molecule has 12 heteroatoms. The minimum Gasteiger partial charge on any atom is -0.482 e. The predicted molar refractivity (Wildman–Crippen MR) is 137 cm³/mol. The fourth-order valence-electron chi connectivity index (χ4n) is 2.90. The maximum Gasteiger partial charge on any atom is 0.343 e. The van der Waals surface area contributed by atoms with Gasteiger partial charge in [0.1, 0.15) is 5.75 Å². The quantitative estimate of drug-likeness (QED) is 0.147. The maximum atomic E-state index is 12.8. The van der Waals surface area contributed by atoms with Crippen LogP contribution in [0.25, 0.3) is 0 Å². The highest BCUT2D eigenvalue weighted by molar-refractivity contribution is 9.11. The number of fused-ring (bicyclic) bond motifs is 1. The lowest BCUT2D eigenvalue weighted by molar-refractivity contribution is -0.123. The summed E-state index contributed by atoms with van der Waals surface area (Å²) in [5.41, 5.74) is 3.04. The SMILES string of the molecule is O=C(COc1ccc(Cl)cc1Cl)NN=Cc1cc(Br)cc(Br)c1OC(=O)c1ccc2c(c1)OCO2. The van der Waals surface area contributed by atoms with Gasteiger partial charge in [-0.3, -0.25) is 4.79 Å². The largest absolute Gasteiger partial charge is 0.482 e. The molecule has 4 rings (SSSR count). The van der Waals surface area contributed by atoms with E-state index < -0.39 is 11.9 Å². The molecular weight excluding hydrogens is 631 g/mol. The van der Waals surface area contributed by atoms with Crippen molar-refractivity contribution in [2.24, 2.45) is 5.10 Å². The average Bonchev–Trinajstić information content (AvgIpc) is 3.28. The number of ether oxygens (including phenoxy) is 4. The number of carbonyl (C=O) groups is 2. The Morgan fingerprint density at radius 1 is 1.06 bits per heavy atom. The second-order valence-electron chi connectivity index (χ2n) is 6.92. The van der Waals surface area contributed by atoms with E-state index in [0.717, 1.165) is 0 Å². The Balaban J connectivity index is 1.42. The van der Waals surface area contributed by atoms with E-state index in [0.29, 0.717) is 36.8 Å². The summed E-state index contributed by atoms with van der Waals surface area (Å²) in [4.78, 5) is 24.9. The van der Waals surface area contributed by atoms with Crippen LogP contribution in [0.3, 0.4) is 0 Å². The van der Waals surface area contributed by atoms with Crippen molar-refractivity contribution < 1.29 is 28.5 Å². The van der Waals surface area contributed by atoms with Gasteiger partial charge in [-0.15, -0.1) is 0 Å². The molecule has 0 bridgehead atoms. The Kier molecular flexibility index (Phi) is 8.17. The number of carbonyl (C=O) groups excluding carboxylic acids is 2. The first-order valence-corrected chi connectivity index (χ1v) is 12.1. The summed E-state index contributed by atoms with van der Waals surface area (Å²) in [6.45, 7) is -0.233. The van der Waals surface area contributed by atoms with Gasteiger partial charge < -0.3 is 18.9 Å². The van der Waals surface area contributed by atoms with Gasteiger partial charge in [0.25, 0.3) is 5.91 Å². The van der Waals surface area contributed by atoms with Gasteiger partial charge in [0.2, 0.25) is 6.79 Å². The van der Waals surface area contributed by atoms with Crippen LogP contribution in [-0.2, 0) is 4.79 Å². The van der Waals surface area contributed by atoms with Crippen LogP contribution in [0.4, 0.5) is 0 Å². The molecule has 35 heavy (non-hydrogen) atoms. The number of hydrogen-bond donors (Lipinski definition) is 1. The summed E-state index contributed by atoms with van der Waals surface area (Å²) in [7, 11) is 0. The zero-order valence-electron chi connectivity index (χ0n) is 17.5. The van der Waals surface area contributed by atoms with Crippen LogP contribution >= 0.6 is 55.1 Å². The third-order valence-electron chi connectivity index (χ3n) is 4.49. The molecule has 0 aliphatic carbocycles. The number of esters is 1. The summed E-state index contributed by atoms with van der Waals surface area (Å²) >= 11 is 18.6. The molecule has 0 saturated carbocycles. The molecule has 1 aliphatic heterocycles. The van der Waals surface area contributed by atoms with Crippen LogP contribution < -0.4 is 24.4 Å². The van der Waals surface area contributed by atoms with Crippen LogP contribution in [0.5, 0.6) is 23.0 Å². The van der Waals surface area contributed by atoms with Gasteiger partial charge in [0, 0.05) is 15.1 Å². The van der Waals surface area contributed by atoms with Gasteiger partial charge >= 0.3 is 5.97 Å². The smallest absolute Gasteiger partial charge is 0.343 e. The van der Waals surface area contributed by atoms with E-state index >= 15 is 0 Å². The molecule has 180 valence electrons. The van der Waals surface area contributed by atoms with Gasteiger partial charge in [0.05, 0.1) is 21.3 Å². The van der Waals surface area contributed by atoms with E-state index in [1.165, 1.54) is 12.3 Å². The topological polar surface area (TPSA) is 95.5 Å². The number of hydrogen-bond acceptors (Lipinski definition) is 7. The van der Waals surface area contributed by atoms with E-state index in [4.69, 9.17) is 42.1 Å². The normalized spacial score (nSPS) is 12.0. The van der Waals surface area contributed by atoms with E-state index in [2.05, 4.69) is 42.4 Å². The third kappa shape index (κ3) is 6.46. The fourth-order valence-corrected chi connectivity index (χ4v) is 4.70. The number of benzene rings is 3. The minimum atomic E-state index is -0.613. The first kappa shape index (κ1) is 25.3. The highest BCUT2D eigenvalue weighted by Gasteiger charge is 2.19. The molecule has 3 aromatic rings. The van der Waals surface area contributed by atoms with Crippen molar-refractivity contribution in [3.63, 3.8) is 0 Å². The van der Waals surface area contributed by atoms with E-state index in [-0.39, 0.29) is 29.7 Å². The van der Waals surface area contributed by atoms with Crippen LogP contribution in [0.2, 0.25) is 10.0 Å². The third-order valence-corrected chi connectivity index (χ3v) is 6.06. The van der Waals surface area contributed by atoms with Crippen molar-refractivity contribution >= 4 is 73.2 Å². The monoisotopic (exact) mass is 642 g/mol. The first-order chi connectivity index (χ1) is 16.8. The van der Waals surface area contributed by atoms with E-state index in [9.17, 15) is 9.59 Å². The lowest BCUT2D eigenvalue weighted by Crippen LogP contribution is -2.24. The van der Waals surface area contributed by atoms with Crippen molar-refractivity contribution in [1.82, 2.24) is 5.43 Å². The molecule has 1 aliphatic rings. The van der Waals surface area contributed by atoms with Gasteiger partial charge in [-0.2, -0.15) is 5.10 Å². The molecule has 0 atom stereocenters. The van der Waals surface area contributed by atoms with Crippen LogP contribution in [0.15, 0.2) is 62.6 Å². The number of hydrazone groups is 1. The number of amides is 1. The molecule has 0 aromatic heterocycles. The van der Waals surface area contributed by atoms with Crippen LogP contribution in [0.1, 0.15) is 15.9 Å². The second kappa shape index (κ2) is 11.3. The van der Waals surface area contributed by atoms with Crippen molar-refractivity contribution in [1.29, 1.82) is 0 Å². The maximum absolute atomic E-state index is 12.8. The predicted octanol–water partition coefficient (Wildman–Crippen LogP) is 6.00. The molecule has 0 spiro atoms. The lowest BCUT2D eigenvalue weighted by Gasteiger charge is -2.11. The number of nitrogens with one attached hydrogen (secondary N) is 1. The van der Waals surface area contributed by atoms with Gasteiger partial charge in [-0.05, 0) is 64.5 Å². The molecule has 0 unspecified atom stereocenters. The highest BCUT2D eigenvalue weighted by atomic mass is 79.9. The molecule has 3 aromatic carbocycles. The molecule has 0 radical (unpaired) electrons. The number of nitrogens with zero attached hydrogens (tertiary/aromatic N) is 1. The Morgan fingerprint density at radius 3 is 2.66 bits per heavy atom. The summed E-state index contributed by atoms with van der Waals surface area (Å²) in [6.07, 6.45) is 1.34. The molecule has 1 N–H and O–H groups in total. The van der Waals surface area contributed by atoms with Gasteiger partial charge in [-0.1, -0.05) is 39.1 Å². The molecule has 1 amide bonds. The van der Waals surface area contributed by atoms with E-state index in [1.807, 2.05) is 0 Å². The summed E-state index contributed by atoms with van der Waals surface area (Å²) < 4.78 is 22.7. The van der Waals surface area contributed by atoms with Crippen LogP contribution in [0, 0.1) is 0 Å². The molecule has 8 nitrogen and oxygen atoms in total. The molecule has 0 saturated heterocycles. The Bertz CT molecular complexity index is 1340. The van der Waals surface area contributed by atoms with Gasteiger partial charge in [-0.25, -0.2) is 10.2 Å². The average molecular weight is 645 g/mol. The Labute approximate surface area is 226 Å². The van der Waals surface area contributed by atoms with Crippen molar-refractivity contribution in [2.45, 2.75) is 0 Å². The number of halogens is 4. The molecule has 0 fully saturated rings. The summed E-state index contributed by atoms with van der Waals surface area (Å²) in [6, 6.07) is 12.8. The van der Waals surface area contributed by atoms with Crippen molar-refractivity contribution in [3.8, 4) is 23.0 Å². The van der Waals surface area contributed by atoms with Crippen molar-refractivity contribution in [3.05, 3.63) is 78.6 Å². The van der Waals surface area contributed by atoms with Crippen LogP contribution in [-0.4, -0.2) is 31.5 Å².